The van der Waals surface area contributed by atoms with Crippen LogP contribution in [-0.4, -0.2) is 28.9 Å². The third-order valence-electron chi connectivity index (χ3n) is 2.17. The number of aromatic nitrogens is 1. The number of pyridine rings is 1. The standard InChI is InChI=1S/C11H12FN3O/c1-2-15(7-3-5-13)11(16)9-4-6-14-8-10(9)12/h4,6,8H,2-3,7H2,1H3. The summed E-state index contributed by atoms with van der Waals surface area (Å²) in [5, 5.41) is 8.45. The average Bonchev–Trinajstić information content (AvgIpc) is 2.30. The first-order valence-corrected chi connectivity index (χ1v) is 4.96. The third kappa shape index (κ3) is 2.76. The summed E-state index contributed by atoms with van der Waals surface area (Å²) in [6, 6.07) is 3.29. The molecule has 0 saturated carbocycles. The zero-order chi connectivity index (χ0) is 12.0. The van der Waals surface area contributed by atoms with Crippen molar-refractivity contribution < 1.29 is 9.18 Å². The number of amides is 1. The second-order valence-corrected chi connectivity index (χ2v) is 3.15. The molecule has 1 aromatic rings. The van der Waals surface area contributed by atoms with Crippen LogP contribution in [0.3, 0.4) is 0 Å². The Bertz CT molecular complexity index is 414. The van der Waals surface area contributed by atoms with Crippen LogP contribution in [0.4, 0.5) is 4.39 Å². The van der Waals surface area contributed by atoms with Gasteiger partial charge in [0, 0.05) is 19.3 Å². The predicted octanol–water partition coefficient (Wildman–Crippen LogP) is 1.60. The van der Waals surface area contributed by atoms with Crippen LogP contribution < -0.4 is 0 Å². The molecule has 1 amide bonds. The topological polar surface area (TPSA) is 57.0 Å². The number of carbonyl (C=O) groups excluding carboxylic acids is 1. The van der Waals surface area contributed by atoms with Gasteiger partial charge in [0.1, 0.15) is 0 Å². The molecule has 4 nitrogen and oxygen atoms in total. The highest BCUT2D eigenvalue weighted by Gasteiger charge is 2.17. The van der Waals surface area contributed by atoms with Gasteiger partial charge in [0.2, 0.25) is 0 Å². The fourth-order valence-electron chi connectivity index (χ4n) is 1.31. The van der Waals surface area contributed by atoms with Gasteiger partial charge in [-0.05, 0) is 13.0 Å². The number of rotatable bonds is 4. The number of nitrogens with zero attached hydrogens (tertiary/aromatic N) is 3. The fourth-order valence-corrected chi connectivity index (χ4v) is 1.31. The van der Waals surface area contributed by atoms with Crippen LogP contribution in [0.25, 0.3) is 0 Å². The first-order valence-electron chi connectivity index (χ1n) is 4.96. The van der Waals surface area contributed by atoms with Crippen LogP contribution in [0.2, 0.25) is 0 Å². The van der Waals surface area contributed by atoms with Crippen molar-refractivity contribution in [1.82, 2.24) is 9.88 Å². The third-order valence-corrected chi connectivity index (χ3v) is 2.17. The highest BCUT2D eigenvalue weighted by Crippen LogP contribution is 2.08. The van der Waals surface area contributed by atoms with Crippen molar-refractivity contribution in [1.29, 1.82) is 5.26 Å². The summed E-state index contributed by atoms with van der Waals surface area (Å²) in [5.74, 6) is -1.04. The first-order chi connectivity index (χ1) is 7.70. The zero-order valence-electron chi connectivity index (χ0n) is 8.98. The number of hydrogen-bond donors (Lipinski definition) is 0. The number of carbonyl (C=O) groups is 1. The summed E-state index contributed by atoms with van der Waals surface area (Å²) in [6.07, 6.45) is 2.62. The maximum absolute atomic E-state index is 13.3. The van der Waals surface area contributed by atoms with Crippen molar-refractivity contribution in [3.8, 4) is 6.07 Å². The van der Waals surface area contributed by atoms with Crippen molar-refractivity contribution in [2.24, 2.45) is 0 Å². The molecule has 0 fully saturated rings. The van der Waals surface area contributed by atoms with E-state index < -0.39 is 11.7 Å². The quantitative estimate of drug-likeness (QED) is 0.775. The van der Waals surface area contributed by atoms with Gasteiger partial charge >= 0.3 is 0 Å². The first kappa shape index (κ1) is 12.1. The van der Waals surface area contributed by atoms with Gasteiger partial charge in [-0.1, -0.05) is 0 Å². The molecule has 0 bridgehead atoms. The minimum absolute atomic E-state index is 0.00482. The van der Waals surface area contributed by atoms with Gasteiger partial charge in [0.05, 0.1) is 24.3 Å². The van der Waals surface area contributed by atoms with Crippen LogP contribution in [0, 0.1) is 17.1 Å². The minimum atomic E-state index is -0.636. The maximum Gasteiger partial charge on any atom is 0.256 e. The Labute approximate surface area is 93.3 Å². The van der Waals surface area contributed by atoms with Gasteiger partial charge in [-0.25, -0.2) is 4.39 Å². The van der Waals surface area contributed by atoms with Crippen molar-refractivity contribution >= 4 is 5.91 Å². The summed E-state index contributed by atoms with van der Waals surface area (Å²) >= 11 is 0. The van der Waals surface area contributed by atoms with E-state index in [4.69, 9.17) is 5.26 Å². The van der Waals surface area contributed by atoms with E-state index in [-0.39, 0.29) is 12.0 Å². The number of nitriles is 1. The molecule has 1 aromatic heterocycles. The van der Waals surface area contributed by atoms with Crippen LogP contribution in [-0.2, 0) is 0 Å². The predicted molar refractivity (Wildman–Crippen MR) is 56.0 cm³/mol. The zero-order valence-corrected chi connectivity index (χ0v) is 8.98. The molecule has 0 spiro atoms. The summed E-state index contributed by atoms with van der Waals surface area (Å²) in [5.41, 5.74) is -0.00482. The number of halogens is 1. The summed E-state index contributed by atoms with van der Waals surface area (Å²) in [7, 11) is 0. The molecule has 0 saturated heterocycles. The van der Waals surface area contributed by atoms with Gasteiger partial charge < -0.3 is 4.90 Å². The van der Waals surface area contributed by atoms with Gasteiger partial charge in [0.25, 0.3) is 5.91 Å². The lowest BCUT2D eigenvalue weighted by molar-refractivity contribution is 0.0763. The van der Waals surface area contributed by atoms with Gasteiger partial charge in [-0.15, -0.1) is 0 Å². The van der Waals surface area contributed by atoms with Crippen LogP contribution in [0.1, 0.15) is 23.7 Å². The molecule has 1 heterocycles. The molecule has 84 valence electrons. The molecule has 0 aliphatic rings. The van der Waals surface area contributed by atoms with E-state index in [0.29, 0.717) is 13.1 Å². The fraction of sp³-hybridized carbons (Fsp3) is 0.364. The average molecular weight is 221 g/mol. The lowest BCUT2D eigenvalue weighted by Gasteiger charge is -2.19. The van der Waals surface area contributed by atoms with Crippen molar-refractivity contribution in [3.63, 3.8) is 0 Å². The van der Waals surface area contributed by atoms with Gasteiger partial charge in [0.15, 0.2) is 5.82 Å². The van der Waals surface area contributed by atoms with Crippen LogP contribution in [0.15, 0.2) is 18.5 Å². The monoisotopic (exact) mass is 221 g/mol. The number of hydrogen-bond acceptors (Lipinski definition) is 3. The van der Waals surface area contributed by atoms with E-state index in [1.54, 1.807) is 6.92 Å². The minimum Gasteiger partial charge on any atom is -0.338 e. The van der Waals surface area contributed by atoms with Crippen molar-refractivity contribution in [2.45, 2.75) is 13.3 Å². The molecule has 1 rings (SSSR count). The van der Waals surface area contributed by atoms with Crippen molar-refractivity contribution in [2.75, 3.05) is 13.1 Å². The Morgan fingerprint density at radius 3 is 3.00 bits per heavy atom. The Hall–Kier alpha value is -1.96. The highest BCUT2D eigenvalue weighted by molar-refractivity contribution is 5.94. The molecule has 0 aromatic carbocycles. The second kappa shape index (κ2) is 5.81. The van der Waals surface area contributed by atoms with E-state index in [1.165, 1.54) is 17.2 Å². The molecule has 0 radical (unpaired) electrons. The molecule has 0 aliphatic carbocycles. The smallest absolute Gasteiger partial charge is 0.256 e. The molecule has 0 unspecified atom stereocenters. The Morgan fingerprint density at radius 2 is 2.44 bits per heavy atom. The molecule has 0 atom stereocenters. The van der Waals surface area contributed by atoms with Gasteiger partial charge in [-0.3, -0.25) is 9.78 Å². The highest BCUT2D eigenvalue weighted by atomic mass is 19.1. The Morgan fingerprint density at radius 1 is 1.69 bits per heavy atom. The van der Waals surface area contributed by atoms with Crippen molar-refractivity contribution in [3.05, 3.63) is 29.8 Å². The van der Waals surface area contributed by atoms with Crippen LogP contribution in [0.5, 0.6) is 0 Å². The summed E-state index contributed by atoms with van der Waals surface area (Å²) < 4.78 is 13.3. The van der Waals surface area contributed by atoms with Crippen LogP contribution >= 0.6 is 0 Å². The second-order valence-electron chi connectivity index (χ2n) is 3.15. The van der Waals surface area contributed by atoms with E-state index in [0.717, 1.165) is 6.20 Å². The summed E-state index contributed by atoms with van der Waals surface area (Å²) in [6.45, 7) is 2.55. The molecule has 0 N–H and O–H groups in total. The molecular formula is C11H12FN3O. The molecular weight excluding hydrogens is 209 g/mol. The lowest BCUT2D eigenvalue weighted by Crippen LogP contribution is -2.32. The largest absolute Gasteiger partial charge is 0.338 e. The lowest BCUT2D eigenvalue weighted by atomic mass is 10.2. The molecule has 0 aliphatic heterocycles. The molecule has 16 heavy (non-hydrogen) atoms. The Kier molecular flexibility index (Phi) is 4.40. The van der Waals surface area contributed by atoms with E-state index in [9.17, 15) is 9.18 Å². The maximum atomic E-state index is 13.3. The molecule has 5 heteroatoms. The van der Waals surface area contributed by atoms with E-state index in [1.807, 2.05) is 6.07 Å². The Balaban J connectivity index is 2.84. The normalized spacial score (nSPS) is 9.56. The van der Waals surface area contributed by atoms with E-state index in [2.05, 4.69) is 4.98 Å². The van der Waals surface area contributed by atoms with E-state index >= 15 is 0 Å². The SMILES string of the molecule is CCN(CCC#N)C(=O)c1ccncc1F. The summed E-state index contributed by atoms with van der Waals surface area (Å²) in [4.78, 5) is 16.9. The van der Waals surface area contributed by atoms with Gasteiger partial charge in [-0.2, -0.15) is 5.26 Å².